The van der Waals surface area contributed by atoms with Gasteiger partial charge in [0, 0.05) is 25.2 Å². The Kier molecular flexibility index (Phi) is 3.87. The van der Waals surface area contributed by atoms with Crippen molar-refractivity contribution < 1.29 is 4.74 Å². The van der Waals surface area contributed by atoms with Gasteiger partial charge in [-0.25, -0.2) is 0 Å². The molecule has 3 nitrogen and oxygen atoms in total. The first-order valence-electron chi connectivity index (χ1n) is 7.41. The fourth-order valence-electron chi connectivity index (χ4n) is 3.52. The van der Waals surface area contributed by atoms with Gasteiger partial charge in [-0.05, 0) is 43.9 Å². The standard InChI is InChI=1S/C16H24N2O/c1-18(11-13-6-4-10-19-13)15-9-8-12-5-2-3-7-14(12)16(15)17/h2-3,5,7,13,15-16H,4,6,8-11,17H2,1H3. The summed E-state index contributed by atoms with van der Waals surface area (Å²) in [5.74, 6) is 0. The van der Waals surface area contributed by atoms with Crippen LogP contribution in [0.1, 0.15) is 36.4 Å². The molecule has 2 aliphatic rings. The van der Waals surface area contributed by atoms with Crippen LogP contribution in [0.15, 0.2) is 24.3 Å². The van der Waals surface area contributed by atoms with Gasteiger partial charge in [-0.1, -0.05) is 24.3 Å². The van der Waals surface area contributed by atoms with Gasteiger partial charge in [0.2, 0.25) is 0 Å². The number of nitrogens with zero attached hydrogens (tertiary/aromatic N) is 1. The Balaban J connectivity index is 1.68. The third kappa shape index (κ3) is 2.69. The van der Waals surface area contributed by atoms with Crippen LogP contribution in [0.3, 0.4) is 0 Å². The van der Waals surface area contributed by atoms with E-state index in [1.54, 1.807) is 0 Å². The van der Waals surface area contributed by atoms with E-state index in [1.165, 1.54) is 24.0 Å². The van der Waals surface area contributed by atoms with Crippen LogP contribution in [-0.2, 0) is 11.2 Å². The zero-order valence-corrected chi connectivity index (χ0v) is 11.7. The predicted octanol–water partition coefficient (Wildman–Crippen LogP) is 2.11. The summed E-state index contributed by atoms with van der Waals surface area (Å²) in [6.45, 7) is 1.94. The lowest BCUT2D eigenvalue weighted by Gasteiger charge is -2.38. The molecule has 0 bridgehead atoms. The molecule has 1 aromatic rings. The number of ether oxygens (including phenoxy) is 1. The van der Waals surface area contributed by atoms with Gasteiger partial charge < -0.3 is 10.5 Å². The number of fused-ring (bicyclic) bond motifs is 1. The second-order valence-corrected chi connectivity index (χ2v) is 5.91. The number of nitrogens with two attached hydrogens (primary N) is 1. The van der Waals surface area contributed by atoms with Crippen LogP contribution in [0.2, 0.25) is 0 Å². The average molecular weight is 260 g/mol. The van der Waals surface area contributed by atoms with E-state index in [-0.39, 0.29) is 6.04 Å². The number of hydrogen-bond acceptors (Lipinski definition) is 3. The predicted molar refractivity (Wildman–Crippen MR) is 77.1 cm³/mol. The van der Waals surface area contributed by atoms with Crippen molar-refractivity contribution in [2.45, 2.75) is 43.9 Å². The molecular formula is C16H24N2O. The van der Waals surface area contributed by atoms with Crippen molar-refractivity contribution in [2.75, 3.05) is 20.2 Å². The Morgan fingerprint density at radius 3 is 2.95 bits per heavy atom. The van der Waals surface area contributed by atoms with E-state index in [2.05, 4.69) is 36.2 Å². The zero-order valence-electron chi connectivity index (χ0n) is 11.7. The van der Waals surface area contributed by atoms with Crippen LogP contribution in [-0.4, -0.2) is 37.2 Å². The van der Waals surface area contributed by atoms with Gasteiger partial charge in [0.15, 0.2) is 0 Å². The summed E-state index contributed by atoms with van der Waals surface area (Å²) >= 11 is 0. The molecule has 1 aromatic carbocycles. The summed E-state index contributed by atoms with van der Waals surface area (Å²) in [6.07, 6.45) is 5.11. The molecule has 0 amide bonds. The van der Waals surface area contributed by atoms with Crippen molar-refractivity contribution in [1.82, 2.24) is 4.90 Å². The van der Waals surface area contributed by atoms with E-state index in [1.807, 2.05) is 0 Å². The summed E-state index contributed by atoms with van der Waals surface area (Å²) in [5, 5.41) is 0. The zero-order chi connectivity index (χ0) is 13.2. The van der Waals surface area contributed by atoms with Crippen molar-refractivity contribution in [3.05, 3.63) is 35.4 Å². The first kappa shape index (κ1) is 13.1. The van der Waals surface area contributed by atoms with Crippen LogP contribution in [0.4, 0.5) is 0 Å². The molecule has 3 rings (SSSR count). The second-order valence-electron chi connectivity index (χ2n) is 5.91. The van der Waals surface area contributed by atoms with Gasteiger partial charge in [-0.3, -0.25) is 4.90 Å². The van der Waals surface area contributed by atoms with Crippen LogP contribution in [0.5, 0.6) is 0 Å². The minimum atomic E-state index is 0.136. The van der Waals surface area contributed by atoms with Crippen LogP contribution in [0.25, 0.3) is 0 Å². The molecular weight excluding hydrogens is 236 g/mol. The summed E-state index contributed by atoms with van der Waals surface area (Å²) in [6, 6.07) is 9.19. The lowest BCUT2D eigenvalue weighted by atomic mass is 9.84. The number of rotatable bonds is 3. The Morgan fingerprint density at radius 2 is 2.16 bits per heavy atom. The fourth-order valence-corrected chi connectivity index (χ4v) is 3.52. The van der Waals surface area contributed by atoms with Crippen molar-refractivity contribution in [3.8, 4) is 0 Å². The van der Waals surface area contributed by atoms with Crippen molar-refractivity contribution >= 4 is 0 Å². The molecule has 1 saturated heterocycles. The minimum Gasteiger partial charge on any atom is -0.377 e. The smallest absolute Gasteiger partial charge is 0.0702 e. The van der Waals surface area contributed by atoms with Gasteiger partial charge in [0.05, 0.1) is 6.10 Å². The maximum Gasteiger partial charge on any atom is 0.0702 e. The first-order valence-corrected chi connectivity index (χ1v) is 7.41. The summed E-state index contributed by atoms with van der Waals surface area (Å²) in [7, 11) is 2.19. The van der Waals surface area contributed by atoms with Crippen molar-refractivity contribution in [1.29, 1.82) is 0 Å². The van der Waals surface area contributed by atoms with Gasteiger partial charge in [-0.2, -0.15) is 0 Å². The van der Waals surface area contributed by atoms with Gasteiger partial charge in [-0.15, -0.1) is 0 Å². The topological polar surface area (TPSA) is 38.5 Å². The van der Waals surface area contributed by atoms with E-state index >= 15 is 0 Å². The summed E-state index contributed by atoms with van der Waals surface area (Å²) in [5.41, 5.74) is 9.24. The molecule has 0 radical (unpaired) electrons. The molecule has 0 aromatic heterocycles. The number of hydrogen-bond donors (Lipinski definition) is 1. The van der Waals surface area contributed by atoms with Crippen LogP contribution >= 0.6 is 0 Å². The lowest BCUT2D eigenvalue weighted by molar-refractivity contribution is 0.0602. The lowest BCUT2D eigenvalue weighted by Crippen LogP contribution is -2.46. The highest BCUT2D eigenvalue weighted by Crippen LogP contribution is 2.31. The molecule has 3 heteroatoms. The van der Waals surface area contributed by atoms with E-state index in [4.69, 9.17) is 10.5 Å². The molecule has 2 N–H and O–H groups in total. The van der Waals surface area contributed by atoms with Crippen LogP contribution in [0, 0.1) is 0 Å². The molecule has 104 valence electrons. The monoisotopic (exact) mass is 260 g/mol. The maximum atomic E-state index is 6.48. The van der Waals surface area contributed by atoms with E-state index in [0.717, 1.165) is 26.0 Å². The SMILES string of the molecule is CN(CC1CCCO1)C1CCc2ccccc2C1N. The number of likely N-dealkylation sites (N-methyl/N-ethyl adjacent to an activating group) is 1. The summed E-state index contributed by atoms with van der Waals surface area (Å²) < 4.78 is 5.74. The third-order valence-electron chi connectivity index (χ3n) is 4.62. The Labute approximate surface area is 115 Å². The molecule has 3 atom stereocenters. The Morgan fingerprint density at radius 1 is 1.32 bits per heavy atom. The Bertz CT molecular complexity index is 429. The van der Waals surface area contributed by atoms with Crippen molar-refractivity contribution in [2.24, 2.45) is 5.73 Å². The molecule has 1 aliphatic heterocycles. The van der Waals surface area contributed by atoms with E-state index in [0.29, 0.717) is 12.1 Å². The average Bonchev–Trinajstić information content (AvgIpc) is 2.92. The molecule has 3 unspecified atom stereocenters. The van der Waals surface area contributed by atoms with Gasteiger partial charge in [0.25, 0.3) is 0 Å². The number of benzene rings is 1. The minimum absolute atomic E-state index is 0.136. The largest absolute Gasteiger partial charge is 0.377 e. The van der Waals surface area contributed by atoms with Crippen molar-refractivity contribution in [3.63, 3.8) is 0 Å². The normalized spacial score (nSPS) is 30.6. The second kappa shape index (κ2) is 5.61. The molecule has 0 saturated carbocycles. The molecule has 1 heterocycles. The Hall–Kier alpha value is -0.900. The molecule has 19 heavy (non-hydrogen) atoms. The number of aryl methyl sites for hydroxylation is 1. The first-order chi connectivity index (χ1) is 9.25. The highest BCUT2D eigenvalue weighted by atomic mass is 16.5. The van der Waals surface area contributed by atoms with Gasteiger partial charge in [0.1, 0.15) is 0 Å². The van der Waals surface area contributed by atoms with E-state index < -0.39 is 0 Å². The van der Waals surface area contributed by atoms with Gasteiger partial charge >= 0.3 is 0 Å². The summed E-state index contributed by atoms with van der Waals surface area (Å²) in [4.78, 5) is 2.41. The fraction of sp³-hybridized carbons (Fsp3) is 0.625. The van der Waals surface area contributed by atoms with Crippen LogP contribution < -0.4 is 5.73 Å². The maximum absolute atomic E-state index is 6.48. The molecule has 0 spiro atoms. The molecule has 1 fully saturated rings. The third-order valence-corrected chi connectivity index (χ3v) is 4.62. The van der Waals surface area contributed by atoms with E-state index in [9.17, 15) is 0 Å². The quantitative estimate of drug-likeness (QED) is 0.904. The molecule has 1 aliphatic carbocycles. The highest BCUT2D eigenvalue weighted by Gasteiger charge is 2.30. The highest BCUT2D eigenvalue weighted by molar-refractivity contribution is 5.33.